The van der Waals surface area contributed by atoms with Crippen molar-refractivity contribution in [3.8, 4) is 11.5 Å². The van der Waals surface area contributed by atoms with Crippen LogP contribution in [0.3, 0.4) is 0 Å². The minimum absolute atomic E-state index is 0.101. The van der Waals surface area contributed by atoms with E-state index in [1.54, 1.807) is 12.1 Å². The van der Waals surface area contributed by atoms with Gasteiger partial charge in [-0.25, -0.2) is 0 Å². The van der Waals surface area contributed by atoms with Crippen molar-refractivity contribution in [2.45, 2.75) is 13.2 Å². The third kappa shape index (κ3) is 2.31. The molecule has 0 unspecified atom stereocenters. The molecule has 1 fully saturated rings. The molecule has 1 aromatic rings. The minimum Gasteiger partial charge on any atom is -0.503 e. The van der Waals surface area contributed by atoms with E-state index < -0.39 is 0 Å². The quantitative estimate of drug-likeness (QED) is 0.929. The van der Waals surface area contributed by atoms with Gasteiger partial charge in [0.05, 0.1) is 24.3 Å². The predicted molar refractivity (Wildman–Crippen MR) is 61.6 cm³/mol. The van der Waals surface area contributed by atoms with Gasteiger partial charge in [-0.2, -0.15) is 0 Å². The third-order valence-electron chi connectivity index (χ3n) is 2.24. The number of hydrogen-bond donors (Lipinski definition) is 1. The lowest BCUT2D eigenvalue weighted by molar-refractivity contribution is -0.0443. The Hall–Kier alpha value is -0.780. The summed E-state index contributed by atoms with van der Waals surface area (Å²) >= 11 is 3.27. The molecule has 0 spiro atoms. The van der Waals surface area contributed by atoms with Gasteiger partial charge in [0, 0.05) is 5.56 Å². The summed E-state index contributed by atoms with van der Waals surface area (Å²) in [6.07, 6.45) is -0.365. The van der Waals surface area contributed by atoms with E-state index in [-0.39, 0.29) is 12.0 Å². The maximum Gasteiger partial charge on any atom is 0.184 e. The Bertz CT molecular complexity index is 374. The summed E-state index contributed by atoms with van der Waals surface area (Å²) in [6, 6.07) is 3.51. The maximum absolute atomic E-state index is 9.74. The standard InChI is InChI=1S/C11H13BrO4/c1-2-14-9-6-7(5-8(12)10(9)13)11-15-3-4-16-11/h5-6,11,13H,2-4H2,1H3. The highest BCUT2D eigenvalue weighted by molar-refractivity contribution is 9.10. The topological polar surface area (TPSA) is 47.9 Å². The highest BCUT2D eigenvalue weighted by Crippen LogP contribution is 2.38. The van der Waals surface area contributed by atoms with Gasteiger partial charge in [0.25, 0.3) is 0 Å². The van der Waals surface area contributed by atoms with E-state index in [9.17, 15) is 5.11 Å². The number of aromatic hydroxyl groups is 1. The molecule has 1 N–H and O–H groups in total. The van der Waals surface area contributed by atoms with Crippen molar-refractivity contribution >= 4 is 15.9 Å². The molecule has 1 aliphatic heterocycles. The largest absolute Gasteiger partial charge is 0.503 e. The average Bonchev–Trinajstić information content (AvgIpc) is 2.78. The van der Waals surface area contributed by atoms with Gasteiger partial charge >= 0.3 is 0 Å². The van der Waals surface area contributed by atoms with E-state index in [0.29, 0.717) is 30.0 Å². The summed E-state index contributed by atoms with van der Waals surface area (Å²) in [5.74, 6) is 0.537. The normalized spacial score (nSPS) is 16.6. The van der Waals surface area contributed by atoms with Crippen molar-refractivity contribution in [1.29, 1.82) is 0 Å². The Labute approximate surface area is 102 Å². The zero-order valence-corrected chi connectivity index (χ0v) is 10.5. The number of ether oxygens (including phenoxy) is 3. The van der Waals surface area contributed by atoms with Crippen molar-refractivity contribution in [2.75, 3.05) is 19.8 Å². The maximum atomic E-state index is 9.74. The first-order valence-corrected chi connectivity index (χ1v) is 5.90. The van der Waals surface area contributed by atoms with Gasteiger partial charge in [-0.3, -0.25) is 0 Å². The molecule has 4 nitrogen and oxygen atoms in total. The molecule has 0 saturated carbocycles. The fourth-order valence-electron chi connectivity index (χ4n) is 1.55. The summed E-state index contributed by atoms with van der Waals surface area (Å²) in [5, 5.41) is 9.74. The summed E-state index contributed by atoms with van der Waals surface area (Å²) in [4.78, 5) is 0. The molecular weight excluding hydrogens is 276 g/mol. The zero-order chi connectivity index (χ0) is 11.5. The first kappa shape index (κ1) is 11.7. The summed E-state index contributed by atoms with van der Waals surface area (Å²) < 4.78 is 16.7. The molecule has 1 aliphatic rings. The van der Waals surface area contributed by atoms with Gasteiger partial charge in [0.1, 0.15) is 0 Å². The SMILES string of the molecule is CCOc1cc(C2OCCO2)cc(Br)c1O. The molecule has 1 aromatic carbocycles. The lowest BCUT2D eigenvalue weighted by Gasteiger charge is -2.13. The Kier molecular flexibility index (Phi) is 3.68. The Morgan fingerprint density at radius 2 is 2.12 bits per heavy atom. The molecule has 0 amide bonds. The van der Waals surface area contributed by atoms with Gasteiger partial charge in [0.15, 0.2) is 17.8 Å². The lowest BCUT2D eigenvalue weighted by Crippen LogP contribution is -2.00. The van der Waals surface area contributed by atoms with Crippen molar-refractivity contribution in [2.24, 2.45) is 0 Å². The number of phenolic OH excluding ortho intramolecular Hbond substituents is 1. The predicted octanol–water partition coefficient (Wildman–Crippen LogP) is 2.60. The van der Waals surface area contributed by atoms with Gasteiger partial charge < -0.3 is 19.3 Å². The van der Waals surface area contributed by atoms with E-state index >= 15 is 0 Å². The molecule has 2 rings (SSSR count). The molecule has 5 heteroatoms. The van der Waals surface area contributed by atoms with Crippen LogP contribution in [0.25, 0.3) is 0 Å². The second-order valence-electron chi connectivity index (χ2n) is 3.36. The number of rotatable bonds is 3. The van der Waals surface area contributed by atoms with Crippen LogP contribution in [0.15, 0.2) is 16.6 Å². The van der Waals surface area contributed by atoms with Crippen molar-refractivity contribution in [3.05, 3.63) is 22.2 Å². The highest BCUT2D eigenvalue weighted by Gasteiger charge is 2.21. The van der Waals surface area contributed by atoms with Crippen molar-refractivity contribution in [1.82, 2.24) is 0 Å². The first-order valence-electron chi connectivity index (χ1n) is 5.10. The van der Waals surface area contributed by atoms with Gasteiger partial charge in [-0.05, 0) is 35.0 Å². The Balaban J connectivity index is 2.31. The molecule has 0 bridgehead atoms. The van der Waals surface area contributed by atoms with E-state index in [0.717, 1.165) is 5.56 Å². The number of phenols is 1. The van der Waals surface area contributed by atoms with Crippen molar-refractivity contribution < 1.29 is 19.3 Å². The van der Waals surface area contributed by atoms with Crippen LogP contribution in [0.5, 0.6) is 11.5 Å². The van der Waals surface area contributed by atoms with Gasteiger partial charge in [0.2, 0.25) is 0 Å². The average molecular weight is 289 g/mol. The fraction of sp³-hybridized carbons (Fsp3) is 0.455. The van der Waals surface area contributed by atoms with Crippen LogP contribution in [0, 0.1) is 0 Å². The monoisotopic (exact) mass is 288 g/mol. The van der Waals surface area contributed by atoms with Crippen LogP contribution in [0.2, 0.25) is 0 Å². The van der Waals surface area contributed by atoms with E-state index in [4.69, 9.17) is 14.2 Å². The van der Waals surface area contributed by atoms with Crippen molar-refractivity contribution in [3.63, 3.8) is 0 Å². The van der Waals surface area contributed by atoms with Crippen LogP contribution < -0.4 is 4.74 Å². The fourth-order valence-corrected chi connectivity index (χ4v) is 2.01. The number of benzene rings is 1. The second-order valence-corrected chi connectivity index (χ2v) is 4.21. The molecule has 0 atom stereocenters. The van der Waals surface area contributed by atoms with Crippen LogP contribution in [0.4, 0.5) is 0 Å². The Morgan fingerprint density at radius 1 is 1.44 bits per heavy atom. The van der Waals surface area contributed by atoms with Crippen LogP contribution in [0.1, 0.15) is 18.8 Å². The smallest absolute Gasteiger partial charge is 0.184 e. The molecule has 0 radical (unpaired) electrons. The lowest BCUT2D eigenvalue weighted by atomic mass is 10.2. The molecule has 88 valence electrons. The molecule has 1 saturated heterocycles. The second kappa shape index (κ2) is 5.03. The van der Waals surface area contributed by atoms with Crippen LogP contribution >= 0.6 is 15.9 Å². The zero-order valence-electron chi connectivity index (χ0n) is 8.90. The number of hydrogen-bond acceptors (Lipinski definition) is 4. The summed E-state index contributed by atoms with van der Waals surface area (Å²) in [6.45, 7) is 3.54. The highest BCUT2D eigenvalue weighted by atomic mass is 79.9. The Morgan fingerprint density at radius 3 is 2.75 bits per heavy atom. The van der Waals surface area contributed by atoms with Gasteiger partial charge in [-0.1, -0.05) is 0 Å². The molecule has 0 aromatic heterocycles. The molecule has 1 heterocycles. The molecule has 0 aliphatic carbocycles. The number of halogens is 1. The molecule has 16 heavy (non-hydrogen) atoms. The van der Waals surface area contributed by atoms with E-state index in [1.165, 1.54) is 0 Å². The van der Waals surface area contributed by atoms with Crippen LogP contribution in [-0.4, -0.2) is 24.9 Å². The summed E-state index contributed by atoms with van der Waals surface area (Å²) in [7, 11) is 0. The van der Waals surface area contributed by atoms with Gasteiger partial charge in [-0.15, -0.1) is 0 Å². The molecular formula is C11H13BrO4. The van der Waals surface area contributed by atoms with E-state index in [1.807, 2.05) is 6.92 Å². The first-order chi connectivity index (χ1) is 7.72. The summed E-state index contributed by atoms with van der Waals surface area (Å²) in [5.41, 5.74) is 0.839. The third-order valence-corrected chi connectivity index (χ3v) is 2.85. The van der Waals surface area contributed by atoms with Crippen LogP contribution in [-0.2, 0) is 9.47 Å². The minimum atomic E-state index is -0.365. The van der Waals surface area contributed by atoms with E-state index in [2.05, 4.69) is 15.9 Å².